The molecule has 0 saturated carbocycles. The van der Waals surface area contributed by atoms with E-state index in [1.807, 2.05) is 24.3 Å². The summed E-state index contributed by atoms with van der Waals surface area (Å²) < 4.78 is 6.51. The molecule has 0 aliphatic carbocycles. The quantitative estimate of drug-likeness (QED) is 0.880. The Bertz CT molecular complexity index is 770. The van der Waals surface area contributed by atoms with E-state index < -0.39 is 0 Å². The molecular formula is C16H15BrN4O. The second-order valence-electron chi connectivity index (χ2n) is 5.15. The minimum absolute atomic E-state index is 0.123. The molecule has 2 heterocycles. The van der Waals surface area contributed by atoms with Crippen molar-refractivity contribution in [3.05, 3.63) is 57.0 Å². The van der Waals surface area contributed by atoms with Crippen molar-refractivity contribution in [1.82, 2.24) is 10.2 Å². The lowest BCUT2D eigenvalue weighted by molar-refractivity contribution is 0.378. The van der Waals surface area contributed by atoms with Gasteiger partial charge in [0.25, 0.3) is 0 Å². The summed E-state index contributed by atoms with van der Waals surface area (Å²) in [4.78, 5) is 0. The number of ether oxygens (including phenoxy) is 1. The van der Waals surface area contributed by atoms with E-state index in [0.29, 0.717) is 11.5 Å². The number of nitrogens with one attached hydrogen (secondary N) is 1. The summed E-state index contributed by atoms with van der Waals surface area (Å²) >= 11 is 3.43. The Hall–Kier alpha value is -2.26. The molecule has 0 spiro atoms. The number of rotatable bonds is 3. The molecule has 0 bridgehead atoms. The van der Waals surface area contributed by atoms with Crippen LogP contribution in [0.4, 0.5) is 0 Å². The molecule has 0 fully saturated rings. The Morgan fingerprint density at radius 1 is 1.41 bits per heavy atom. The first-order chi connectivity index (χ1) is 10.7. The summed E-state index contributed by atoms with van der Waals surface area (Å²) in [5.41, 5.74) is 9.24. The van der Waals surface area contributed by atoms with Gasteiger partial charge < -0.3 is 10.5 Å². The molecule has 0 unspecified atom stereocenters. The van der Waals surface area contributed by atoms with E-state index in [1.165, 1.54) is 0 Å². The van der Waals surface area contributed by atoms with E-state index >= 15 is 0 Å². The maximum atomic E-state index is 9.52. The third kappa shape index (κ3) is 2.38. The van der Waals surface area contributed by atoms with Crippen molar-refractivity contribution in [3.63, 3.8) is 0 Å². The van der Waals surface area contributed by atoms with Crippen molar-refractivity contribution < 1.29 is 4.74 Å². The number of aromatic nitrogens is 2. The van der Waals surface area contributed by atoms with Gasteiger partial charge in [-0.15, -0.1) is 5.10 Å². The molecule has 3 rings (SSSR count). The molecule has 0 saturated heterocycles. The highest BCUT2D eigenvalue weighted by atomic mass is 79.9. The number of halogens is 1. The van der Waals surface area contributed by atoms with Gasteiger partial charge in [-0.1, -0.05) is 41.4 Å². The number of allylic oxidation sites excluding steroid dienone is 1. The van der Waals surface area contributed by atoms with Gasteiger partial charge in [-0.05, 0) is 24.1 Å². The van der Waals surface area contributed by atoms with E-state index in [-0.39, 0.29) is 11.8 Å². The van der Waals surface area contributed by atoms with Gasteiger partial charge in [0.05, 0.1) is 5.92 Å². The molecule has 3 N–H and O–H groups in total. The molecule has 1 atom stereocenters. The van der Waals surface area contributed by atoms with Crippen LogP contribution in [0.15, 0.2) is 40.2 Å². The lowest BCUT2D eigenvalue weighted by atomic mass is 9.83. The van der Waals surface area contributed by atoms with Crippen LogP contribution >= 0.6 is 15.9 Å². The van der Waals surface area contributed by atoms with Crippen LogP contribution in [0.5, 0.6) is 5.88 Å². The van der Waals surface area contributed by atoms with Gasteiger partial charge in [-0.2, -0.15) is 5.26 Å². The zero-order valence-corrected chi connectivity index (χ0v) is 13.6. The van der Waals surface area contributed by atoms with E-state index in [1.54, 1.807) is 0 Å². The minimum atomic E-state index is -0.248. The van der Waals surface area contributed by atoms with Crippen molar-refractivity contribution in [2.24, 2.45) is 5.73 Å². The van der Waals surface area contributed by atoms with Crippen LogP contribution in [0.2, 0.25) is 0 Å². The monoisotopic (exact) mass is 358 g/mol. The number of hydrogen-bond acceptors (Lipinski definition) is 4. The molecule has 0 radical (unpaired) electrons. The summed E-state index contributed by atoms with van der Waals surface area (Å²) in [5.74, 6) is 0.340. The Labute approximate surface area is 136 Å². The number of fused-ring (bicyclic) bond motifs is 1. The Morgan fingerprint density at radius 3 is 2.77 bits per heavy atom. The van der Waals surface area contributed by atoms with Crippen LogP contribution in [0.1, 0.15) is 36.1 Å². The third-order valence-electron chi connectivity index (χ3n) is 3.72. The van der Waals surface area contributed by atoms with Crippen molar-refractivity contribution in [3.8, 4) is 11.9 Å². The van der Waals surface area contributed by atoms with Crippen LogP contribution in [0.3, 0.4) is 0 Å². The summed E-state index contributed by atoms with van der Waals surface area (Å²) in [5, 5.41) is 16.7. The van der Waals surface area contributed by atoms with E-state index in [2.05, 4.69) is 39.1 Å². The third-order valence-corrected chi connectivity index (χ3v) is 4.25. The Morgan fingerprint density at radius 2 is 2.14 bits per heavy atom. The highest BCUT2D eigenvalue weighted by Crippen LogP contribution is 2.43. The zero-order valence-electron chi connectivity index (χ0n) is 12.1. The molecule has 112 valence electrons. The number of nitrogens with zero attached hydrogens (tertiary/aromatic N) is 2. The first-order valence-corrected chi connectivity index (χ1v) is 7.85. The molecule has 2 aromatic rings. The number of nitrogens with two attached hydrogens (primary N) is 1. The van der Waals surface area contributed by atoms with Gasteiger partial charge in [0.1, 0.15) is 11.6 Å². The Kier molecular flexibility index (Phi) is 3.90. The smallest absolute Gasteiger partial charge is 0.244 e. The number of benzene rings is 1. The highest BCUT2D eigenvalue weighted by Gasteiger charge is 2.34. The van der Waals surface area contributed by atoms with Gasteiger partial charge in [-0.25, -0.2) is 0 Å². The minimum Gasteiger partial charge on any atom is -0.420 e. The number of hydrogen-bond donors (Lipinski definition) is 2. The van der Waals surface area contributed by atoms with Gasteiger partial charge in [0.2, 0.25) is 11.8 Å². The molecular weight excluding hydrogens is 344 g/mol. The molecule has 1 aromatic carbocycles. The topological polar surface area (TPSA) is 87.7 Å². The molecule has 1 aromatic heterocycles. The predicted octanol–water partition coefficient (Wildman–Crippen LogP) is 3.34. The fraction of sp³-hybridized carbons (Fsp3) is 0.250. The van der Waals surface area contributed by atoms with Crippen LogP contribution in [-0.4, -0.2) is 10.2 Å². The lowest BCUT2D eigenvalue weighted by Gasteiger charge is -2.24. The van der Waals surface area contributed by atoms with Crippen molar-refractivity contribution in [2.75, 3.05) is 0 Å². The van der Waals surface area contributed by atoms with Crippen molar-refractivity contribution in [1.29, 1.82) is 5.26 Å². The second-order valence-corrected chi connectivity index (χ2v) is 6.06. The fourth-order valence-corrected chi connectivity index (χ4v) is 3.00. The van der Waals surface area contributed by atoms with Crippen molar-refractivity contribution in [2.45, 2.75) is 25.7 Å². The SMILES string of the molecule is CCCc1[nH]nc2c1[C@@H](c1ccc(Br)cc1)C(C#N)=C(N)O2. The first kappa shape index (κ1) is 14.7. The maximum Gasteiger partial charge on any atom is 0.244 e. The normalized spacial score (nSPS) is 16.9. The number of aryl methyl sites for hydroxylation is 1. The van der Waals surface area contributed by atoms with Gasteiger partial charge in [0, 0.05) is 15.7 Å². The predicted molar refractivity (Wildman–Crippen MR) is 86.0 cm³/mol. The highest BCUT2D eigenvalue weighted by molar-refractivity contribution is 9.10. The summed E-state index contributed by atoms with van der Waals surface area (Å²) in [6.45, 7) is 2.10. The second kappa shape index (κ2) is 5.85. The number of H-pyrrole nitrogens is 1. The molecule has 5 nitrogen and oxygen atoms in total. The van der Waals surface area contributed by atoms with Crippen LogP contribution in [-0.2, 0) is 6.42 Å². The molecule has 1 aliphatic heterocycles. The molecule has 22 heavy (non-hydrogen) atoms. The molecule has 0 amide bonds. The van der Waals surface area contributed by atoms with Crippen LogP contribution in [0.25, 0.3) is 0 Å². The lowest BCUT2D eigenvalue weighted by Crippen LogP contribution is -2.21. The van der Waals surface area contributed by atoms with E-state index in [9.17, 15) is 5.26 Å². The average Bonchev–Trinajstić information content (AvgIpc) is 2.90. The van der Waals surface area contributed by atoms with Gasteiger partial charge in [-0.3, -0.25) is 5.10 Å². The van der Waals surface area contributed by atoms with Gasteiger partial charge >= 0.3 is 0 Å². The molecule has 1 aliphatic rings. The largest absolute Gasteiger partial charge is 0.420 e. The maximum absolute atomic E-state index is 9.52. The van der Waals surface area contributed by atoms with E-state index in [4.69, 9.17) is 10.5 Å². The average molecular weight is 359 g/mol. The summed E-state index contributed by atoms with van der Waals surface area (Å²) in [7, 11) is 0. The standard InChI is InChI=1S/C16H15BrN4O/c1-2-3-12-14-13(9-4-6-10(17)7-5-9)11(8-18)15(19)22-16(14)21-20-12/h4-7,13H,2-3,19H2,1H3,(H,20,21)/t13-/m0/s1. The summed E-state index contributed by atoms with van der Waals surface area (Å²) in [6.07, 6.45) is 1.82. The fourth-order valence-electron chi connectivity index (χ4n) is 2.74. The Balaban J connectivity index is 2.19. The van der Waals surface area contributed by atoms with Gasteiger partial charge in [0.15, 0.2) is 0 Å². The first-order valence-electron chi connectivity index (χ1n) is 7.05. The van der Waals surface area contributed by atoms with Crippen molar-refractivity contribution >= 4 is 15.9 Å². The number of nitriles is 1. The zero-order chi connectivity index (χ0) is 15.7. The molecule has 6 heteroatoms. The van der Waals surface area contributed by atoms with Crippen LogP contribution < -0.4 is 10.5 Å². The summed E-state index contributed by atoms with van der Waals surface area (Å²) in [6, 6.07) is 10.1. The van der Waals surface area contributed by atoms with E-state index in [0.717, 1.165) is 34.1 Å². The number of aromatic amines is 1. The van der Waals surface area contributed by atoms with Crippen LogP contribution in [0, 0.1) is 11.3 Å².